The molecule has 0 fully saturated rings. The molecule has 10 rings (SSSR count). The van der Waals surface area contributed by atoms with Crippen molar-refractivity contribution >= 4 is 28.0 Å². The highest BCUT2D eigenvalue weighted by atomic mass is 15.0. The van der Waals surface area contributed by atoms with Gasteiger partial charge in [0.1, 0.15) is 0 Å². The molecule has 4 heteroatoms. The Kier molecular flexibility index (Phi) is 4.92. The van der Waals surface area contributed by atoms with Crippen molar-refractivity contribution in [2.45, 2.75) is 19.3 Å². The highest BCUT2D eigenvalue weighted by Crippen LogP contribution is 2.50. The van der Waals surface area contributed by atoms with Crippen molar-refractivity contribution in [2.75, 3.05) is 0 Å². The zero-order valence-electron chi connectivity index (χ0n) is 24.0. The van der Waals surface area contributed by atoms with Gasteiger partial charge in [0, 0.05) is 35.0 Å². The topological polar surface area (TPSA) is 51.6 Å². The molecule has 0 radical (unpaired) electrons. The van der Waals surface area contributed by atoms with E-state index in [-0.39, 0.29) is 5.92 Å². The zero-order valence-corrected chi connectivity index (χ0v) is 24.0. The summed E-state index contributed by atoms with van der Waals surface area (Å²) in [5.41, 5.74) is 15.0. The lowest BCUT2D eigenvalue weighted by molar-refractivity contribution is 0.832. The van der Waals surface area contributed by atoms with E-state index in [0.717, 1.165) is 36.0 Å². The van der Waals surface area contributed by atoms with E-state index in [9.17, 15) is 0 Å². The van der Waals surface area contributed by atoms with E-state index < -0.39 is 0 Å². The van der Waals surface area contributed by atoms with Crippen LogP contribution in [0.2, 0.25) is 0 Å². The molecule has 1 unspecified atom stereocenters. The summed E-state index contributed by atoms with van der Waals surface area (Å²) in [4.78, 5) is 19.9. The van der Waals surface area contributed by atoms with E-state index in [1.807, 2.05) is 18.3 Å². The normalized spacial score (nSPS) is 20.1. The predicted molar refractivity (Wildman–Crippen MR) is 177 cm³/mol. The summed E-state index contributed by atoms with van der Waals surface area (Å²) < 4.78 is 0. The number of hydrogen-bond donors (Lipinski definition) is 0. The summed E-state index contributed by atoms with van der Waals surface area (Å²) >= 11 is 0. The second-order valence-electron chi connectivity index (χ2n) is 12.1. The number of hydrogen-bond acceptors (Lipinski definition) is 4. The van der Waals surface area contributed by atoms with Gasteiger partial charge in [-0.3, -0.25) is 4.98 Å². The van der Waals surface area contributed by atoms with Crippen LogP contribution in [0, 0.1) is 5.92 Å². The molecule has 0 saturated carbocycles. The molecule has 0 spiro atoms. The maximum atomic E-state index is 5.29. The lowest BCUT2D eigenvalue weighted by Crippen LogP contribution is -2.22. The maximum Gasteiger partial charge on any atom is 0.165 e. The highest BCUT2D eigenvalue weighted by Gasteiger charge is 2.36. The molecule has 0 N–H and O–H groups in total. The number of allylic oxidation sites excluding steroid dienone is 17. The molecule has 0 amide bonds. The predicted octanol–water partition coefficient (Wildman–Crippen LogP) is 8.74. The highest BCUT2D eigenvalue weighted by molar-refractivity contribution is 6.07. The largest absolute Gasteiger partial charge is 0.264 e. The fourth-order valence-corrected chi connectivity index (χ4v) is 7.77. The summed E-state index contributed by atoms with van der Waals surface area (Å²) in [6.07, 6.45) is 31.5. The Morgan fingerprint density at radius 1 is 0.727 bits per heavy atom. The zero-order chi connectivity index (χ0) is 28.8. The van der Waals surface area contributed by atoms with E-state index in [1.165, 1.54) is 60.9 Å². The molecule has 6 aliphatic carbocycles. The first-order valence-corrected chi connectivity index (χ1v) is 15.3. The van der Waals surface area contributed by atoms with Crippen LogP contribution >= 0.6 is 0 Å². The minimum Gasteiger partial charge on any atom is -0.264 e. The molecule has 44 heavy (non-hydrogen) atoms. The van der Waals surface area contributed by atoms with Gasteiger partial charge in [0.2, 0.25) is 0 Å². The monoisotopic (exact) mass is 562 g/mol. The van der Waals surface area contributed by atoms with Crippen molar-refractivity contribution in [1.29, 1.82) is 0 Å². The number of pyridine rings is 1. The fraction of sp³-hybridized carbons (Fsp3) is 0.100. The Hall–Kier alpha value is -5.48. The van der Waals surface area contributed by atoms with Gasteiger partial charge in [-0.15, -0.1) is 0 Å². The average molecular weight is 563 g/mol. The van der Waals surface area contributed by atoms with Gasteiger partial charge in [0.25, 0.3) is 0 Å². The van der Waals surface area contributed by atoms with Gasteiger partial charge < -0.3 is 0 Å². The molecular formula is C40H26N4. The molecule has 2 aromatic heterocycles. The maximum absolute atomic E-state index is 5.29. The van der Waals surface area contributed by atoms with Crippen LogP contribution in [-0.4, -0.2) is 19.9 Å². The third-order valence-electron chi connectivity index (χ3n) is 9.73. The second-order valence-corrected chi connectivity index (χ2v) is 12.1. The van der Waals surface area contributed by atoms with Gasteiger partial charge in [0.05, 0.1) is 0 Å². The van der Waals surface area contributed by atoms with Crippen molar-refractivity contribution < 1.29 is 0 Å². The lowest BCUT2D eigenvalue weighted by atomic mass is 9.67. The Labute approximate surface area is 255 Å². The van der Waals surface area contributed by atoms with Crippen molar-refractivity contribution in [3.63, 3.8) is 0 Å². The van der Waals surface area contributed by atoms with Crippen LogP contribution < -0.4 is 0 Å². The first-order valence-electron chi connectivity index (χ1n) is 15.3. The standard InChI is InChI=1S/C40H26N4/c1-5-23-13-15-27-17-19-32(31-18-16-25(6-1)34(23)37(27)31)39-42-38(29-10-4-20-41-22-29)43-40(44-39)33-21-28-9-2-7-24-12-14-26-8-3-11-30(33)36(26)35(24)28/h1-4,6-7,9-14,16-22,35H,5,8,15H2. The van der Waals surface area contributed by atoms with Gasteiger partial charge in [-0.25, -0.2) is 15.0 Å². The van der Waals surface area contributed by atoms with Crippen LogP contribution in [0.15, 0.2) is 137 Å². The summed E-state index contributed by atoms with van der Waals surface area (Å²) in [7, 11) is 0. The van der Waals surface area contributed by atoms with Crippen LogP contribution in [0.25, 0.3) is 50.8 Å². The Morgan fingerprint density at radius 3 is 2.59 bits per heavy atom. The molecule has 0 aliphatic heterocycles. The van der Waals surface area contributed by atoms with Crippen LogP contribution in [0.4, 0.5) is 0 Å². The quantitative estimate of drug-likeness (QED) is 0.251. The molecule has 2 aromatic carbocycles. The van der Waals surface area contributed by atoms with Gasteiger partial charge in [-0.1, -0.05) is 85.0 Å². The van der Waals surface area contributed by atoms with E-state index in [4.69, 9.17) is 15.0 Å². The molecular weight excluding hydrogens is 536 g/mol. The lowest BCUT2D eigenvalue weighted by Gasteiger charge is -2.36. The average Bonchev–Trinajstić information content (AvgIpc) is 3.09. The molecule has 206 valence electrons. The number of aromatic nitrogens is 4. The van der Waals surface area contributed by atoms with E-state index in [2.05, 4.69) is 96.1 Å². The van der Waals surface area contributed by atoms with Gasteiger partial charge in [0.15, 0.2) is 17.5 Å². The van der Waals surface area contributed by atoms with Crippen molar-refractivity contribution in [3.8, 4) is 22.8 Å². The molecule has 2 heterocycles. The summed E-state index contributed by atoms with van der Waals surface area (Å²) in [6, 6.07) is 12.9. The third-order valence-corrected chi connectivity index (χ3v) is 9.73. The van der Waals surface area contributed by atoms with Crippen LogP contribution in [0.3, 0.4) is 0 Å². The smallest absolute Gasteiger partial charge is 0.165 e. The third kappa shape index (κ3) is 3.39. The molecule has 1 atom stereocenters. The molecule has 4 aromatic rings. The van der Waals surface area contributed by atoms with E-state index in [0.29, 0.717) is 17.5 Å². The minimum atomic E-state index is 0.271. The first-order chi connectivity index (χ1) is 21.8. The van der Waals surface area contributed by atoms with E-state index in [1.54, 1.807) is 6.20 Å². The van der Waals surface area contributed by atoms with Gasteiger partial charge >= 0.3 is 0 Å². The molecule has 0 bridgehead atoms. The summed E-state index contributed by atoms with van der Waals surface area (Å²) in [5, 5.41) is 2.53. The minimum absolute atomic E-state index is 0.271. The number of rotatable bonds is 3. The van der Waals surface area contributed by atoms with Gasteiger partial charge in [-0.05, 0) is 98.4 Å². The summed E-state index contributed by atoms with van der Waals surface area (Å²) in [6.45, 7) is 0. The molecule has 0 saturated heterocycles. The van der Waals surface area contributed by atoms with Crippen molar-refractivity contribution in [1.82, 2.24) is 19.9 Å². The molecule has 4 nitrogen and oxygen atoms in total. The second kappa shape index (κ2) is 9.01. The van der Waals surface area contributed by atoms with Crippen LogP contribution in [0.1, 0.15) is 35.4 Å². The summed E-state index contributed by atoms with van der Waals surface area (Å²) in [5.74, 6) is 2.29. The number of benzene rings is 2. The SMILES string of the molecule is C1=CC2=CC=C3CC=CC4=C3C2C(=C1)C=C4c1nc(-c2cccnc2)nc(-c2ccc3c4c5c(ccc24)C=CCC5=CC3)n1. The Bertz CT molecular complexity index is 2280. The molecule has 6 aliphatic rings. The van der Waals surface area contributed by atoms with Gasteiger partial charge in [-0.2, -0.15) is 0 Å². The fourth-order valence-electron chi connectivity index (χ4n) is 7.77. The Balaban J connectivity index is 1.23. The van der Waals surface area contributed by atoms with Crippen molar-refractivity contribution in [2.24, 2.45) is 5.92 Å². The van der Waals surface area contributed by atoms with Crippen LogP contribution in [-0.2, 0) is 6.42 Å². The first kappa shape index (κ1) is 24.0. The Morgan fingerprint density at radius 2 is 1.64 bits per heavy atom. The van der Waals surface area contributed by atoms with Crippen molar-refractivity contribution in [3.05, 3.63) is 160 Å². The number of nitrogens with zero attached hydrogens (tertiary/aromatic N) is 4. The van der Waals surface area contributed by atoms with E-state index >= 15 is 0 Å². The van der Waals surface area contributed by atoms with Crippen LogP contribution in [0.5, 0.6) is 0 Å².